The average Bonchev–Trinajstić information content (AvgIpc) is 2.65. The number of carbonyl (C=O) groups is 1. The van der Waals surface area contributed by atoms with Crippen molar-refractivity contribution in [3.8, 4) is 17.2 Å². The summed E-state index contributed by atoms with van der Waals surface area (Å²) in [6.07, 6.45) is 0.458. The molecule has 0 saturated heterocycles. The number of nitrogens with one attached hydrogen (secondary N) is 1. The first-order chi connectivity index (χ1) is 12.5. The Morgan fingerprint density at radius 2 is 1.88 bits per heavy atom. The van der Waals surface area contributed by atoms with Crippen molar-refractivity contribution in [3.63, 3.8) is 0 Å². The van der Waals surface area contributed by atoms with Crippen LogP contribution in [0.1, 0.15) is 27.4 Å². The van der Waals surface area contributed by atoms with Gasteiger partial charge in [-0.2, -0.15) is 0 Å². The van der Waals surface area contributed by atoms with Crippen molar-refractivity contribution in [2.45, 2.75) is 19.9 Å². The molecule has 1 aliphatic heterocycles. The van der Waals surface area contributed by atoms with Crippen molar-refractivity contribution in [1.82, 2.24) is 14.9 Å². The minimum absolute atomic E-state index is 0.136. The lowest BCUT2D eigenvalue weighted by atomic mass is 10.0. The first-order valence-electron chi connectivity index (χ1n) is 8.17. The van der Waals surface area contributed by atoms with Crippen molar-refractivity contribution < 1.29 is 19.0 Å². The van der Waals surface area contributed by atoms with Crippen LogP contribution >= 0.6 is 0 Å². The van der Waals surface area contributed by atoms with Crippen LogP contribution in [0.2, 0.25) is 0 Å². The van der Waals surface area contributed by atoms with Crippen LogP contribution in [0.3, 0.4) is 0 Å². The van der Waals surface area contributed by atoms with Gasteiger partial charge in [0.05, 0.1) is 39.1 Å². The Labute approximate surface area is 150 Å². The number of aryl methyl sites for hydroxylation is 1. The zero-order valence-corrected chi connectivity index (χ0v) is 15.2. The highest BCUT2D eigenvalue weighted by Gasteiger charge is 2.28. The first kappa shape index (κ1) is 17.8. The third-order valence-corrected chi connectivity index (χ3v) is 4.41. The Hall–Kier alpha value is -3.03. The monoisotopic (exact) mass is 359 g/mol. The van der Waals surface area contributed by atoms with Crippen LogP contribution in [0.25, 0.3) is 0 Å². The Kier molecular flexibility index (Phi) is 4.83. The molecule has 2 heterocycles. The van der Waals surface area contributed by atoms with Crippen molar-refractivity contribution in [2.24, 2.45) is 0 Å². The van der Waals surface area contributed by atoms with Gasteiger partial charge in [-0.25, -0.2) is 4.98 Å². The van der Waals surface area contributed by atoms with Crippen molar-refractivity contribution in [1.29, 1.82) is 0 Å². The molecule has 0 radical (unpaired) electrons. The van der Waals surface area contributed by atoms with Gasteiger partial charge in [0.2, 0.25) is 5.75 Å². The third kappa shape index (κ3) is 2.98. The average molecular weight is 359 g/mol. The lowest BCUT2D eigenvalue weighted by Crippen LogP contribution is -2.39. The van der Waals surface area contributed by atoms with E-state index in [0.717, 1.165) is 0 Å². The van der Waals surface area contributed by atoms with Crippen molar-refractivity contribution in [2.75, 3.05) is 27.9 Å². The molecule has 1 aromatic carbocycles. The maximum Gasteiger partial charge on any atom is 0.258 e. The molecular weight excluding hydrogens is 338 g/mol. The molecule has 0 bridgehead atoms. The fraction of sp³-hybridized carbons (Fsp3) is 0.389. The molecule has 1 aliphatic rings. The van der Waals surface area contributed by atoms with Gasteiger partial charge in [-0.05, 0) is 25.5 Å². The van der Waals surface area contributed by atoms with Gasteiger partial charge < -0.3 is 24.1 Å². The van der Waals surface area contributed by atoms with Crippen LogP contribution in [0, 0.1) is 6.92 Å². The second-order valence-corrected chi connectivity index (χ2v) is 5.94. The van der Waals surface area contributed by atoms with E-state index in [1.807, 2.05) is 0 Å². The van der Waals surface area contributed by atoms with E-state index < -0.39 is 0 Å². The molecule has 8 heteroatoms. The van der Waals surface area contributed by atoms with Crippen LogP contribution in [0.15, 0.2) is 16.9 Å². The summed E-state index contributed by atoms with van der Waals surface area (Å²) in [6, 6.07) is 3.31. The molecule has 2 aromatic rings. The quantitative estimate of drug-likeness (QED) is 0.884. The smallest absolute Gasteiger partial charge is 0.258 e. The molecule has 0 saturated carbocycles. The van der Waals surface area contributed by atoms with Gasteiger partial charge in [-0.3, -0.25) is 9.59 Å². The Bertz CT molecular complexity index is 906. The number of benzene rings is 1. The number of hydrogen-bond donors (Lipinski definition) is 1. The van der Waals surface area contributed by atoms with Gasteiger partial charge in [0.25, 0.3) is 11.5 Å². The lowest BCUT2D eigenvalue weighted by molar-refractivity contribution is 0.0727. The zero-order chi connectivity index (χ0) is 18.8. The highest BCUT2D eigenvalue weighted by Crippen LogP contribution is 2.40. The van der Waals surface area contributed by atoms with Gasteiger partial charge in [-0.1, -0.05) is 0 Å². The Morgan fingerprint density at radius 3 is 2.54 bits per heavy atom. The van der Waals surface area contributed by atoms with Gasteiger partial charge in [0.15, 0.2) is 11.5 Å². The van der Waals surface area contributed by atoms with Gasteiger partial charge in [0.1, 0.15) is 5.82 Å². The summed E-state index contributed by atoms with van der Waals surface area (Å²) >= 11 is 0. The highest BCUT2D eigenvalue weighted by atomic mass is 16.5. The summed E-state index contributed by atoms with van der Waals surface area (Å²) in [7, 11) is 4.49. The predicted octanol–water partition coefficient (Wildman–Crippen LogP) is 1.30. The lowest BCUT2D eigenvalue weighted by Gasteiger charge is -2.28. The second kappa shape index (κ2) is 7.07. The number of rotatable bonds is 4. The van der Waals surface area contributed by atoms with Crippen LogP contribution in [-0.4, -0.2) is 48.6 Å². The summed E-state index contributed by atoms with van der Waals surface area (Å²) in [5.74, 6) is 1.48. The minimum atomic E-state index is -0.215. The molecule has 1 N–H and O–H groups in total. The topological polar surface area (TPSA) is 93.8 Å². The SMILES string of the molecule is COc1ccc(C(=O)N2CCc3c(nc(C)[nH]c3=O)C2)c(OC)c1OC. The van der Waals surface area contributed by atoms with Gasteiger partial charge in [-0.15, -0.1) is 0 Å². The molecule has 0 fully saturated rings. The molecule has 3 rings (SSSR count). The van der Waals surface area contributed by atoms with E-state index in [1.54, 1.807) is 24.0 Å². The van der Waals surface area contributed by atoms with Crippen molar-refractivity contribution >= 4 is 5.91 Å². The number of methoxy groups -OCH3 is 3. The molecular formula is C18H21N3O5. The number of nitrogens with zero attached hydrogens (tertiary/aromatic N) is 2. The minimum Gasteiger partial charge on any atom is -0.493 e. The van der Waals surface area contributed by atoms with E-state index in [0.29, 0.717) is 52.9 Å². The van der Waals surface area contributed by atoms with E-state index >= 15 is 0 Å². The van der Waals surface area contributed by atoms with E-state index in [9.17, 15) is 9.59 Å². The molecule has 138 valence electrons. The first-order valence-corrected chi connectivity index (χ1v) is 8.17. The Morgan fingerprint density at radius 1 is 1.15 bits per heavy atom. The number of aromatic nitrogens is 2. The number of ether oxygens (including phenoxy) is 3. The number of fused-ring (bicyclic) bond motifs is 1. The number of H-pyrrole nitrogens is 1. The predicted molar refractivity (Wildman–Crippen MR) is 94.1 cm³/mol. The van der Waals surface area contributed by atoms with Crippen LogP contribution < -0.4 is 19.8 Å². The molecule has 1 amide bonds. The molecule has 0 spiro atoms. The molecule has 1 aromatic heterocycles. The maximum atomic E-state index is 13.1. The standard InChI is InChI=1S/C18H21N3O5/c1-10-19-13-9-21(8-7-11(13)17(22)20-10)18(23)12-5-6-14(24-2)16(26-4)15(12)25-3/h5-6H,7-9H2,1-4H3,(H,19,20,22). The second-order valence-electron chi connectivity index (χ2n) is 5.94. The van der Waals surface area contributed by atoms with E-state index in [-0.39, 0.29) is 18.0 Å². The number of amides is 1. The molecule has 26 heavy (non-hydrogen) atoms. The van der Waals surface area contributed by atoms with Crippen molar-refractivity contribution in [3.05, 3.63) is 45.1 Å². The molecule has 0 aliphatic carbocycles. The van der Waals surface area contributed by atoms with Crippen LogP contribution in [0.4, 0.5) is 0 Å². The number of carbonyl (C=O) groups excluding carboxylic acids is 1. The number of hydrogen-bond acceptors (Lipinski definition) is 6. The molecule has 0 atom stereocenters. The largest absolute Gasteiger partial charge is 0.493 e. The highest BCUT2D eigenvalue weighted by molar-refractivity contribution is 5.98. The fourth-order valence-corrected chi connectivity index (χ4v) is 3.18. The Balaban J connectivity index is 1.97. The molecule has 8 nitrogen and oxygen atoms in total. The number of aromatic amines is 1. The van der Waals surface area contributed by atoms with E-state index in [2.05, 4.69) is 9.97 Å². The normalized spacial score (nSPS) is 13.2. The zero-order valence-electron chi connectivity index (χ0n) is 15.2. The van der Waals surface area contributed by atoms with Crippen LogP contribution in [0.5, 0.6) is 17.2 Å². The summed E-state index contributed by atoms with van der Waals surface area (Å²) in [4.78, 5) is 33.8. The summed E-state index contributed by atoms with van der Waals surface area (Å²) in [6.45, 7) is 2.42. The van der Waals surface area contributed by atoms with Gasteiger partial charge >= 0.3 is 0 Å². The van der Waals surface area contributed by atoms with Gasteiger partial charge in [0, 0.05) is 12.1 Å². The summed E-state index contributed by atoms with van der Waals surface area (Å²) < 4.78 is 16.0. The third-order valence-electron chi connectivity index (χ3n) is 4.41. The van der Waals surface area contributed by atoms with E-state index in [1.165, 1.54) is 21.3 Å². The van der Waals surface area contributed by atoms with Crippen LogP contribution in [-0.2, 0) is 13.0 Å². The molecule has 0 unspecified atom stereocenters. The van der Waals surface area contributed by atoms with E-state index in [4.69, 9.17) is 14.2 Å². The fourth-order valence-electron chi connectivity index (χ4n) is 3.18. The summed E-state index contributed by atoms with van der Waals surface area (Å²) in [5, 5.41) is 0. The maximum absolute atomic E-state index is 13.1. The summed E-state index contributed by atoms with van der Waals surface area (Å²) in [5.41, 5.74) is 1.50.